The van der Waals surface area contributed by atoms with E-state index in [1.54, 1.807) is 19.1 Å². The van der Waals surface area contributed by atoms with Crippen LogP contribution >= 0.6 is 11.6 Å². The second kappa shape index (κ2) is 5.31. The average Bonchev–Trinajstić information content (AvgIpc) is 3.33. The zero-order chi connectivity index (χ0) is 16.0. The summed E-state index contributed by atoms with van der Waals surface area (Å²) in [6.45, 7) is 1.79. The molecule has 6 nitrogen and oxygen atoms in total. The van der Waals surface area contributed by atoms with Crippen LogP contribution in [0.3, 0.4) is 0 Å². The highest BCUT2D eigenvalue weighted by Gasteiger charge is 2.28. The third-order valence-corrected chi connectivity index (χ3v) is 4.07. The molecule has 116 valence electrons. The quantitative estimate of drug-likeness (QED) is 0.792. The molecule has 0 spiro atoms. The average molecular weight is 329 g/mol. The summed E-state index contributed by atoms with van der Waals surface area (Å²) >= 11 is 5.81. The summed E-state index contributed by atoms with van der Waals surface area (Å²) in [6, 6.07) is 5.16. The number of amides is 1. The van der Waals surface area contributed by atoms with Crippen molar-refractivity contribution in [2.75, 3.05) is 5.32 Å². The maximum atomic E-state index is 12.7. The normalized spacial score (nSPS) is 14.2. The summed E-state index contributed by atoms with van der Waals surface area (Å²) in [7, 11) is 0. The molecule has 4 rings (SSSR count). The Morgan fingerprint density at radius 1 is 1.39 bits per heavy atom. The Bertz CT molecular complexity index is 900. The summed E-state index contributed by atoms with van der Waals surface area (Å²) in [6.07, 6.45) is 3.66. The lowest BCUT2D eigenvalue weighted by atomic mass is 10.1. The third kappa shape index (κ3) is 2.66. The van der Waals surface area contributed by atoms with Gasteiger partial charge in [-0.1, -0.05) is 16.8 Å². The molecule has 3 aromatic heterocycles. The SMILES string of the molecule is Cc1noc2nc(C3CC3)cc(C(=O)Nc3ccc(Cl)cn3)c12. The fourth-order valence-corrected chi connectivity index (χ4v) is 2.63. The van der Waals surface area contributed by atoms with Gasteiger partial charge in [-0.25, -0.2) is 9.97 Å². The van der Waals surface area contributed by atoms with E-state index in [-0.39, 0.29) is 5.91 Å². The largest absolute Gasteiger partial charge is 0.336 e. The zero-order valence-corrected chi connectivity index (χ0v) is 13.1. The molecule has 1 saturated carbocycles. The number of carbonyl (C=O) groups excluding carboxylic acids is 1. The first-order valence-electron chi connectivity index (χ1n) is 7.31. The molecule has 0 aromatic carbocycles. The van der Waals surface area contributed by atoms with Crippen molar-refractivity contribution in [1.29, 1.82) is 0 Å². The van der Waals surface area contributed by atoms with Crippen molar-refractivity contribution >= 4 is 34.4 Å². The molecule has 0 atom stereocenters. The van der Waals surface area contributed by atoms with Gasteiger partial charge in [0.2, 0.25) is 0 Å². The lowest BCUT2D eigenvalue weighted by Gasteiger charge is -2.07. The molecule has 1 aliphatic carbocycles. The molecule has 0 unspecified atom stereocenters. The van der Waals surface area contributed by atoms with E-state index in [0.29, 0.717) is 39.1 Å². The number of nitrogens with zero attached hydrogens (tertiary/aromatic N) is 3. The number of halogens is 1. The van der Waals surface area contributed by atoms with Crippen LogP contribution < -0.4 is 5.32 Å². The van der Waals surface area contributed by atoms with Crippen molar-refractivity contribution in [3.05, 3.63) is 46.4 Å². The van der Waals surface area contributed by atoms with Gasteiger partial charge in [-0.15, -0.1) is 0 Å². The van der Waals surface area contributed by atoms with E-state index >= 15 is 0 Å². The fraction of sp³-hybridized carbons (Fsp3) is 0.250. The Kier molecular flexibility index (Phi) is 3.27. The molecule has 0 saturated heterocycles. The van der Waals surface area contributed by atoms with E-state index in [9.17, 15) is 4.79 Å². The summed E-state index contributed by atoms with van der Waals surface area (Å²) in [5.41, 5.74) is 2.43. The highest BCUT2D eigenvalue weighted by atomic mass is 35.5. The van der Waals surface area contributed by atoms with Crippen molar-refractivity contribution in [2.24, 2.45) is 0 Å². The predicted octanol–water partition coefficient (Wildman–Crippen LogP) is 3.71. The highest BCUT2D eigenvalue weighted by molar-refractivity contribution is 6.30. The van der Waals surface area contributed by atoms with Crippen LogP contribution in [0, 0.1) is 6.92 Å². The first-order valence-corrected chi connectivity index (χ1v) is 7.69. The highest BCUT2D eigenvalue weighted by Crippen LogP contribution is 2.40. The molecule has 0 radical (unpaired) electrons. The molecular weight excluding hydrogens is 316 g/mol. The number of hydrogen-bond donors (Lipinski definition) is 1. The standard InChI is InChI=1S/C16H13ClN4O2/c1-8-14-11(15(22)20-13-5-4-10(17)7-18-13)6-12(9-2-3-9)19-16(14)23-21-8/h4-7,9H,2-3H2,1H3,(H,18,20,22). The van der Waals surface area contributed by atoms with Crippen LogP contribution in [-0.4, -0.2) is 21.0 Å². The summed E-state index contributed by atoms with van der Waals surface area (Å²) in [5, 5.41) is 7.86. The number of rotatable bonds is 3. The second-order valence-corrected chi connectivity index (χ2v) is 6.07. The predicted molar refractivity (Wildman–Crippen MR) is 85.7 cm³/mol. The van der Waals surface area contributed by atoms with Gasteiger partial charge >= 0.3 is 0 Å². The Morgan fingerprint density at radius 2 is 2.22 bits per heavy atom. The van der Waals surface area contributed by atoms with E-state index in [0.717, 1.165) is 18.5 Å². The molecule has 1 N–H and O–H groups in total. The number of pyridine rings is 2. The van der Waals surface area contributed by atoms with Gasteiger partial charge < -0.3 is 9.84 Å². The van der Waals surface area contributed by atoms with E-state index in [2.05, 4.69) is 20.4 Å². The zero-order valence-electron chi connectivity index (χ0n) is 12.3. The van der Waals surface area contributed by atoms with Gasteiger partial charge in [0, 0.05) is 17.8 Å². The minimum atomic E-state index is -0.263. The van der Waals surface area contributed by atoms with Crippen LogP contribution in [0.1, 0.15) is 40.5 Å². The second-order valence-electron chi connectivity index (χ2n) is 5.63. The fourth-order valence-electron chi connectivity index (χ4n) is 2.51. The monoisotopic (exact) mass is 328 g/mol. The molecule has 1 aliphatic rings. The first-order chi connectivity index (χ1) is 11.1. The molecule has 7 heteroatoms. The smallest absolute Gasteiger partial charge is 0.259 e. The van der Waals surface area contributed by atoms with E-state index in [1.165, 1.54) is 6.20 Å². The van der Waals surface area contributed by atoms with Gasteiger partial charge in [0.05, 0.1) is 21.7 Å². The van der Waals surface area contributed by atoms with Gasteiger partial charge in [-0.05, 0) is 38.0 Å². The summed E-state index contributed by atoms with van der Waals surface area (Å²) in [5.74, 6) is 0.580. The molecule has 23 heavy (non-hydrogen) atoms. The lowest BCUT2D eigenvalue weighted by Crippen LogP contribution is -2.14. The van der Waals surface area contributed by atoms with Gasteiger partial charge in [-0.3, -0.25) is 4.79 Å². The van der Waals surface area contributed by atoms with Crippen molar-refractivity contribution in [1.82, 2.24) is 15.1 Å². The number of hydrogen-bond acceptors (Lipinski definition) is 5. The molecular formula is C16H13ClN4O2. The molecule has 0 aliphatic heterocycles. The van der Waals surface area contributed by atoms with Gasteiger partial charge in [0.25, 0.3) is 11.6 Å². The van der Waals surface area contributed by atoms with Crippen LogP contribution in [0.15, 0.2) is 28.9 Å². The van der Waals surface area contributed by atoms with Crippen LogP contribution in [0.4, 0.5) is 5.82 Å². The minimum absolute atomic E-state index is 0.263. The van der Waals surface area contributed by atoms with Crippen LogP contribution in [0.25, 0.3) is 11.1 Å². The first kappa shape index (κ1) is 14.1. The summed E-state index contributed by atoms with van der Waals surface area (Å²) < 4.78 is 5.25. The maximum absolute atomic E-state index is 12.7. The van der Waals surface area contributed by atoms with Crippen LogP contribution in [-0.2, 0) is 0 Å². The van der Waals surface area contributed by atoms with E-state index < -0.39 is 0 Å². The Labute approximate surface area is 136 Å². The number of aromatic nitrogens is 3. The Morgan fingerprint density at radius 3 is 2.91 bits per heavy atom. The molecule has 3 heterocycles. The number of carbonyl (C=O) groups is 1. The van der Waals surface area contributed by atoms with Crippen molar-refractivity contribution in [3.8, 4) is 0 Å². The van der Waals surface area contributed by atoms with E-state index in [1.807, 2.05) is 6.07 Å². The topological polar surface area (TPSA) is 80.9 Å². The minimum Gasteiger partial charge on any atom is -0.336 e. The molecule has 1 amide bonds. The van der Waals surface area contributed by atoms with Crippen molar-refractivity contribution in [2.45, 2.75) is 25.7 Å². The maximum Gasteiger partial charge on any atom is 0.259 e. The van der Waals surface area contributed by atoms with Gasteiger partial charge in [0.15, 0.2) is 0 Å². The number of aryl methyl sites for hydroxylation is 1. The Balaban J connectivity index is 1.75. The number of anilines is 1. The summed E-state index contributed by atoms with van der Waals surface area (Å²) in [4.78, 5) is 21.2. The number of fused-ring (bicyclic) bond motifs is 1. The van der Waals surface area contributed by atoms with Crippen molar-refractivity contribution < 1.29 is 9.32 Å². The molecule has 1 fully saturated rings. The van der Waals surface area contributed by atoms with Crippen LogP contribution in [0.5, 0.6) is 0 Å². The third-order valence-electron chi connectivity index (χ3n) is 3.85. The molecule has 3 aromatic rings. The molecule has 0 bridgehead atoms. The van der Waals surface area contributed by atoms with Gasteiger partial charge in [-0.2, -0.15) is 0 Å². The Hall–Kier alpha value is -2.47. The van der Waals surface area contributed by atoms with Gasteiger partial charge in [0.1, 0.15) is 5.82 Å². The van der Waals surface area contributed by atoms with Crippen LogP contribution in [0.2, 0.25) is 5.02 Å². The van der Waals surface area contributed by atoms with Crippen molar-refractivity contribution in [3.63, 3.8) is 0 Å². The lowest BCUT2D eigenvalue weighted by molar-refractivity contribution is 0.102. The van der Waals surface area contributed by atoms with E-state index in [4.69, 9.17) is 16.1 Å². The number of nitrogens with one attached hydrogen (secondary N) is 1.